The van der Waals surface area contributed by atoms with Crippen molar-refractivity contribution in [2.24, 2.45) is 17.9 Å². The summed E-state index contributed by atoms with van der Waals surface area (Å²) in [5.41, 5.74) is 0.242. The normalized spacial score (nSPS) is 12.8. The van der Waals surface area contributed by atoms with Crippen LogP contribution in [-0.4, -0.2) is 40.4 Å². The molecule has 0 fully saturated rings. The summed E-state index contributed by atoms with van der Waals surface area (Å²) < 4.78 is 1.72. The maximum atomic E-state index is 4.46. The molecular weight excluding hydrogens is 280 g/mol. The van der Waals surface area contributed by atoms with Crippen LogP contribution in [0.2, 0.25) is 0 Å². The van der Waals surface area contributed by atoms with Gasteiger partial charge in [0.2, 0.25) is 0 Å². The molecule has 8 nitrogen and oxygen atoms in total. The highest BCUT2D eigenvalue weighted by molar-refractivity contribution is 4.88. The monoisotopic (exact) mass is 306 g/mol. The number of aromatic nitrogens is 8. The van der Waals surface area contributed by atoms with E-state index in [1.54, 1.807) is 9.48 Å². The Morgan fingerprint density at radius 2 is 1.68 bits per heavy atom. The van der Waals surface area contributed by atoms with Crippen LogP contribution >= 0.6 is 0 Å². The Morgan fingerprint density at radius 3 is 2.27 bits per heavy atom. The molecule has 0 saturated carbocycles. The summed E-state index contributed by atoms with van der Waals surface area (Å²) in [6, 6.07) is 0. The zero-order valence-corrected chi connectivity index (χ0v) is 14.4. The van der Waals surface area contributed by atoms with Gasteiger partial charge in [0.15, 0.2) is 11.6 Å². The molecule has 0 N–H and O–H groups in total. The van der Waals surface area contributed by atoms with Gasteiger partial charge in [0.1, 0.15) is 0 Å². The van der Waals surface area contributed by atoms with Gasteiger partial charge in [-0.3, -0.25) is 0 Å². The molecule has 2 rings (SSSR count). The molecule has 0 saturated heterocycles. The maximum Gasteiger partial charge on any atom is 0.175 e. The Bertz CT molecular complexity index is 604. The molecule has 2 heterocycles. The molecule has 0 aliphatic heterocycles. The van der Waals surface area contributed by atoms with E-state index in [0.29, 0.717) is 0 Å². The average Bonchev–Trinajstić information content (AvgIpc) is 2.95. The molecule has 0 aromatic carbocycles. The van der Waals surface area contributed by atoms with Crippen molar-refractivity contribution in [3.8, 4) is 0 Å². The van der Waals surface area contributed by atoms with Gasteiger partial charge in [-0.25, -0.2) is 4.68 Å². The third kappa shape index (κ3) is 4.85. The number of nitrogens with zero attached hydrogens (tertiary/aromatic N) is 8. The van der Waals surface area contributed by atoms with Crippen LogP contribution in [0.3, 0.4) is 0 Å². The van der Waals surface area contributed by atoms with Crippen molar-refractivity contribution >= 4 is 0 Å². The van der Waals surface area contributed by atoms with Gasteiger partial charge in [-0.2, -0.15) is 4.80 Å². The topological polar surface area (TPSA) is 87.2 Å². The summed E-state index contributed by atoms with van der Waals surface area (Å²) >= 11 is 0. The van der Waals surface area contributed by atoms with Crippen molar-refractivity contribution in [2.45, 2.75) is 60.4 Å². The van der Waals surface area contributed by atoms with E-state index >= 15 is 0 Å². The average molecular weight is 306 g/mol. The number of hydrogen-bond donors (Lipinski definition) is 0. The van der Waals surface area contributed by atoms with E-state index in [1.165, 1.54) is 0 Å². The molecule has 0 radical (unpaired) electrons. The summed E-state index contributed by atoms with van der Waals surface area (Å²) in [5, 5.41) is 24.4. The number of rotatable bonds is 6. The first-order chi connectivity index (χ1) is 10.1. The summed E-state index contributed by atoms with van der Waals surface area (Å²) in [7, 11) is 1.86. The first-order valence-electron chi connectivity index (χ1n) is 7.63. The Morgan fingerprint density at radius 1 is 0.955 bits per heavy atom. The van der Waals surface area contributed by atoms with E-state index in [1.807, 2.05) is 7.05 Å². The third-order valence-corrected chi connectivity index (χ3v) is 3.52. The highest BCUT2D eigenvalue weighted by atomic mass is 15.6. The van der Waals surface area contributed by atoms with Crippen LogP contribution in [-0.2, 0) is 26.4 Å². The van der Waals surface area contributed by atoms with Crippen LogP contribution in [0.1, 0.15) is 52.7 Å². The molecule has 0 amide bonds. The minimum Gasteiger partial charge on any atom is -0.233 e. The van der Waals surface area contributed by atoms with E-state index in [9.17, 15) is 0 Å². The molecule has 0 bridgehead atoms. The second kappa shape index (κ2) is 6.10. The van der Waals surface area contributed by atoms with Crippen LogP contribution < -0.4 is 0 Å². The smallest absolute Gasteiger partial charge is 0.175 e. The summed E-state index contributed by atoms with van der Waals surface area (Å²) in [6.07, 6.45) is 2.59. The van der Waals surface area contributed by atoms with E-state index in [4.69, 9.17) is 0 Å². The molecule has 0 unspecified atom stereocenters. The molecule has 8 heteroatoms. The Kier molecular flexibility index (Phi) is 4.58. The minimum absolute atomic E-state index is 0.0697. The van der Waals surface area contributed by atoms with Gasteiger partial charge < -0.3 is 0 Å². The van der Waals surface area contributed by atoms with Crippen molar-refractivity contribution in [1.82, 2.24) is 40.4 Å². The van der Waals surface area contributed by atoms with Gasteiger partial charge >= 0.3 is 0 Å². The lowest BCUT2D eigenvalue weighted by atomic mass is 9.85. The van der Waals surface area contributed by atoms with Gasteiger partial charge in [0.05, 0.1) is 6.54 Å². The zero-order chi connectivity index (χ0) is 16.4. The van der Waals surface area contributed by atoms with E-state index in [-0.39, 0.29) is 10.8 Å². The molecule has 0 aliphatic carbocycles. The van der Waals surface area contributed by atoms with E-state index < -0.39 is 0 Å². The van der Waals surface area contributed by atoms with Crippen molar-refractivity contribution in [3.63, 3.8) is 0 Å². The third-order valence-electron chi connectivity index (χ3n) is 3.52. The minimum atomic E-state index is 0.0697. The van der Waals surface area contributed by atoms with Crippen LogP contribution in [0, 0.1) is 10.8 Å². The molecular formula is C14H26N8. The van der Waals surface area contributed by atoms with Gasteiger partial charge in [-0.1, -0.05) is 34.6 Å². The molecule has 22 heavy (non-hydrogen) atoms. The predicted octanol–water partition coefficient (Wildman–Crippen LogP) is 1.44. The molecule has 0 aliphatic rings. The summed E-state index contributed by atoms with van der Waals surface area (Å²) in [4.78, 5) is 1.69. The summed E-state index contributed by atoms with van der Waals surface area (Å²) in [6.45, 7) is 11.7. The quantitative estimate of drug-likeness (QED) is 0.802. The first kappa shape index (κ1) is 16.5. The highest BCUT2D eigenvalue weighted by Crippen LogP contribution is 2.25. The van der Waals surface area contributed by atoms with Crippen LogP contribution in [0.25, 0.3) is 0 Å². The number of tetrazole rings is 2. The van der Waals surface area contributed by atoms with Gasteiger partial charge in [0.25, 0.3) is 0 Å². The Hall–Kier alpha value is -1.86. The van der Waals surface area contributed by atoms with Gasteiger partial charge in [-0.15, -0.1) is 15.3 Å². The molecule has 2 aromatic heterocycles. The number of hydrogen-bond acceptors (Lipinski definition) is 6. The largest absolute Gasteiger partial charge is 0.233 e. The Labute approximate surface area is 131 Å². The molecule has 122 valence electrons. The van der Waals surface area contributed by atoms with Crippen LogP contribution in [0.4, 0.5) is 0 Å². The summed E-state index contributed by atoms with van der Waals surface area (Å²) in [5.74, 6) is 1.70. The first-order valence-corrected chi connectivity index (χ1v) is 7.63. The standard InChI is InChI=1S/C14H26N8/c1-13(2,3)9-11-15-19-22(17-11)8-7-14(4,5)10-12-16-18-20-21(12)6/h7-10H2,1-6H3. The maximum absolute atomic E-state index is 4.46. The van der Waals surface area contributed by atoms with E-state index in [0.717, 1.165) is 37.5 Å². The van der Waals surface area contributed by atoms with E-state index in [2.05, 4.69) is 65.6 Å². The van der Waals surface area contributed by atoms with Crippen molar-refractivity contribution in [3.05, 3.63) is 11.6 Å². The fourth-order valence-corrected chi connectivity index (χ4v) is 2.23. The fraction of sp³-hybridized carbons (Fsp3) is 0.857. The predicted molar refractivity (Wildman–Crippen MR) is 81.9 cm³/mol. The highest BCUT2D eigenvalue weighted by Gasteiger charge is 2.22. The fourth-order valence-electron chi connectivity index (χ4n) is 2.23. The van der Waals surface area contributed by atoms with Crippen LogP contribution in [0.15, 0.2) is 0 Å². The van der Waals surface area contributed by atoms with Gasteiger partial charge in [0, 0.05) is 19.9 Å². The molecule has 0 atom stereocenters. The molecule has 0 spiro atoms. The van der Waals surface area contributed by atoms with Crippen molar-refractivity contribution in [2.75, 3.05) is 0 Å². The number of aryl methyl sites for hydroxylation is 2. The zero-order valence-electron chi connectivity index (χ0n) is 14.4. The second-order valence-electron chi connectivity index (χ2n) is 7.85. The SMILES string of the molecule is Cn1nnnc1CC(C)(C)CCn1nnc(CC(C)(C)C)n1. The van der Waals surface area contributed by atoms with Gasteiger partial charge in [-0.05, 0) is 32.9 Å². The lowest BCUT2D eigenvalue weighted by Crippen LogP contribution is -2.21. The Balaban J connectivity index is 1.90. The molecule has 2 aromatic rings. The van der Waals surface area contributed by atoms with Crippen LogP contribution in [0.5, 0.6) is 0 Å². The second-order valence-corrected chi connectivity index (χ2v) is 7.85. The lowest BCUT2D eigenvalue weighted by molar-refractivity contribution is 0.284. The van der Waals surface area contributed by atoms with Crippen molar-refractivity contribution in [1.29, 1.82) is 0 Å². The van der Waals surface area contributed by atoms with Crippen molar-refractivity contribution < 1.29 is 0 Å². The lowest BCUT2D eigenvalue weighted by Gasteiger charge is -2.22.